The first kappa shape index (κ1) is 19.1. The fourth-order valence-corrected chi connectivity index (χ4v) is 4.94. The summed E-state index contributed by atoms with van der Waals surface area (Å²) in [5.41, 5.74) is 1.07. The number of benzene rings is 2. The molecule has 0 atom stereocenters. The van der Waals surface area contributed by atoms with E-state index in [1.807, 2.05) is 24.3 Å². The molecular weight excluding hydrogens is 423 g/mol. The molecule has 0 aromatic heterocycles. The highest BCUT2D eigenvalue weighted by Gasteiger charge is 2.26. The lowest BCUT2D eigenvalue weighted by Gasteiger charge is -2.33. The summed E-state index contributed by atoms with van der Waals surface area (Å²) >= 11 is 3.18. The quantitative estimate of drug-likeness (QED) is 0.768. The van der Waals surface area contributed by atoms with Crippen molar-refractivity contribution in [2.24, 2.45) is 0 Å². The van der Waals surface area contributed by atoms with E-state index in [1.165, 1.54) is 12.1 Å². The minimum atomic E-state index is -3.89. The van der Waals surface area contributed by atoms with E-state index >= 15 is 0 Å². The van der Waals surface area contributed by atoms with Gasteiger partial charge in [0.05, 0.1) is 7.11 Å². The van der Waals surface area contributed by atoms with Gasteiger partial charge in [-0.25, -0.2) is 17.5 Å². The molecule has 2 aromatic rings. The van der Waals surface area contributed by atoms with Crippen molar-refractivity contribution in [1.29, 1.82) is 0 Å². The summed E-state index contributed by atoms with van der Waals surface area (Å²) in [6.07, 6.45) is 1.31. The summed E-state index contributed by atoms with van der Waals surface area (Å²) in [6.45, 7) is 1.45. The number of piperidine rings is 1. The van der Waals surface area contributed by atoms with E-state index in [1.54, 1.807) is 7.11 Å². The molecule has 0 spiro atoms. The van der Waals surface area contributed by atoms with Crippen LogP contribution in [0, 0.1) is 5.82 Å². The maximum Gasteiger partial charge on any atom is 0.243 e. The number of anilines is 1. The van der Waals surface area contributed by atoms with Crippen LogP contribution < -0.4 is 14.4 Å². The zero-order valence-electron chi connectivity index (χ0n) is 14.3. The largest absolute Gasteiger partial charge is 0.497 e. The molecule has 0 radical (unpaired) electrons. The fraction of sp³-hybridized carbons (Fsp3) is 0.333. The molecule has 140 valence electrons. The van der Waals surface area contributed by atoms with Crippen molar-refractivity contribution in [3.63, 3.8) is 0 Å². The summed E-state index contributed by atoms with van der Waals surface area (Å²) in [4.78, 5) is 1.87. The van der Waals surface area contributed by atoms with Gasteiger partial charge in [0, 0.05) is 29.3 Å². The monoisotopic (exact) mass is 442 g/mol. The Labute approximate surface area is 161 Å². The van der Waals surface area contributed by atoms with Gasteiger partial charge in [-0.2, -0.15) is 0 Å². The first-order valence-corrected chi connectivity index (χ1v) is 10.5. The Morgan fingerprint density at radius 1 is 1.15 bits per heavy atom. The molecule has 1 aliphatic heterocycles. The number of halogens is 2. The lowest BCUT2D eigenvalue weighted by Crippen LogP contribution is -2.44. The van der Waals surface area contributed by atoms with Crippen molar-refractivity contribution < 1.29 is 17.5 Å². The van der Waals surface area contributed by atoms with Gasteiger partial charge < -0.3 is 9.64 Å². The molecule has 3 rings (SSSR count). The second-order valence-corrected chi connectivity index (χ2v) is 8.75. The zero-order chi connectivity index (χ0) is 18.7. The molecular formula is C18H20BrFN2O3S. The molecule has 1 fully saturated rings. The Kier molecular flexibility index (Phi) is 5.84. The molecule has 1 heterocycles. The second-order valence-electron chi connectivity index (χ2n) is 6.16. The van der Waals surface area contributed by atoms with E-state index in [4.69, 9.17) is 4.74 Å². The van der Waals surface area contributed by atoms with Gasteiger partial charge in [0.1, 0.15) is 16.5 Å². The van der Waals surface area contributed by atoms with Gasteiger partial charge in [-0.3, -0.25) is 0 Å². The SMILES string of the molecule is COc1ccc(N2CCC(NS(=O)(=O)c3cc(Br)ccc3F)CC2)cc1. The Bertz CT molecular complexity index is 867. The minimum absolute atomic E-state index is 0.215. The number of hydrogen-bond acceptors (Lipinski definition) is 4. The van der Waals surface area contributed by atoms with Gasteiger partial charge in [-0.15, -0.1) is 0 Å². The van der Waals surface area contributed by atoms with Crippen molar-refractivity contribution in [2.75, 3.05) is 25.1 Å². The predicted molar refractivity (Wildman–Crippen MR) is 103 cm³/mol. The first-order valence-electron chi connectivity index (χ1n) is 8.25. The Morgan fingerprint density at radius 3 is 2.42 bits per heavy atom. The third-order valence-electron chi connectivity index (χ3n) is 4.44. The van der Waals surface area contributed by atoms with Crippen LogP contribution >= 0.6 is 15.9 Å². The number of hydrogen-bond donors (Lipinski definition) is 1. The van der Waals surface area contributed by atoms with Crippen LogP contribution in [0.25, 0.3) is 0 Å². The first-order chi connectivity index (χ1) is 12.4. The Hall–Kier alpha value is -1.64. The molecule has 1 N–H and O–H groups in total. The van der Waals surface area contributed by atoms with Crippen molar-refractivity contribution in [3.05, 3.63) is 52.8 Å². The molecule has 0 bridgehead atoms. The molecule has 2 aromatic carbocycles. The second kappa shape index (κ2) is 7.94. The molecule has 0 unspecified atom stereocenters. The third-order valence-corrected chi connectivity index (χ3v) is 6.47. The van der Waals surface area contributed by atoms with Gasteiger partial charge in [-0.1, -0.05) is 15.9 Å². The van der Waals surface area contributed by atoms with Gasteiger partial charge in [-0.05, 0) is 55.3 Å². The van der Waals surface area contributed by atoms with Crippen molar-refractivity contribution in [1.82, 2.24) is 4.72 Å². The number of sulfonamides is 1. The fourth-order valence-electron chi connectivity index (χ4n) is 3.01. The summed E-state index contributed by atoms with van der Waals surface area (Å²) in [7, 11) is -2.27. The highest BCUT2D eigenvalue weighted by Crippen LogP contribution is 2.25. The minimum Gasteiger partial charge on any atom is -0.497 e. The van der Waals surface area contributed by atoms with Gasteiger partial charge >= 0.3 is 0 Å². The van der Waals surface area contributed by atoms with Gasteiger partial charge in [0.2, 0.25) is 10.0 Å². The third kappa shape index (κ3) is 4.36. The normalized spacial score (nSPS) is 15.9. The van der Waals surface area contributed by atoms with Crippen LogP contribution in [0.4, 0.5) is 10.1 Å². The molecule has 1 saturated heterocycles. The highest BCUT2D eigenvalue weighted by atomic mass is 79.9. The average molecular weight is 443 g/mol. The number of methoxy groups -OCH3 is 1. The summed E-state index contributed by atoms with van der Waals surface area (Å²) < 4.78 is 47.2. The summed E-state index contributed by atoms with van der Waals surface area (Å²) in [6, 6.07) is 11.5. The number of ether oxygens (including phenoxy) is 1. The molecule has 0 saturated carbocycles. The van der Waals surface area contributed by atoms with E-state index < -0.39 is 15.8 Å². The van der Waals surface area contributed by atoms with E-state index in [-0.39, 0.29) is 10.9 Å². The number of nitrogens with one attached hydrogen (secondary N) is 1. The number of rotatable bonds is 5. The van der Waals surface area contributed by atoms with Gasteiger partial charge in [0.25, 0.3) is 0 Å². The molecule has 8 heteroatoms. The molecule has 0 amide bonds. The van der Waals surface area contributed by atoms with Crippen LogP contribution in [0.15, 0.2) is 51.8 Å². The molecule has 0 aliphatic carbocycles. The maximum atomic E-state index is 13.9. The van der Waals surface area contributed by atoms with Crippen LogP contribution in [0.3, 0.4) is 0 Å². The zero-order valence-corrected chi connectivity index (χ0v) is 16.7. The topological polar surface area (TPSA) is 58.6 Å². The van der Waals surface area contributed by atoms with E-state index in [0.29, 0.717) is 17.3 Å². The van der Waals surface area contributed by atoms with Crippen molar-refractivity contribution in [3.8, 4) is 5.75 Å². The number of nitrogens with zero attached hydrogens (tertiary/aromatic N) is 1. The van der Waals surface area contributed by atoms with Crippen LogP contribution in [-0.2, 0) is 10.0 Å². The predicted octanol–water partition coefficient (Wildman–Crippen LogP) is 3.54. The molecule has 1 aliphatic rings. The van der Waals surface area contributed by atoms with Crippen LogP contribution in [0.1, 0.15) is 12.8 Å². The Balaban J connectivity index is 1.63. The van der Waals surface area contributed by atoms with Gasteiger partial charge in [0.15, 0.2) is 0 Å². The summed E-state index contributed by atoms with van der Waals surface area (Å²) in [5, 5.41) is 0. The van der Waals surface area contributed by atoms with E-state index in [2.05, 4.69) is 25.6 Å². The standard InChI is InChI=1S/C18H20BrFN2O3S/c1-25-16-5-3-15(4-6-16)22-10-8-14(9-11-22)21-26(23,24)18-12-13(19)2-7-17(18)20/h2-7,12,14,21H,8-11H2,1H3. The Morgan fingerprint density at radius 2 is 1.81 bits per heavy atom. The summed E-state index contributed by atoms with van der Waals surface area (Å²) in [5.74, 6) is 0.0452. The lowest BCUT2D eigenvalue weighted by atomic mass is 10.1. The van der Waals surface area contributed by atoms with Crippen molar-refractivity contribution in [2.45, 2.75) is 23.8 Å². The van der Waals surface area contributed by atoms with Crippen LogP contribution in [0.5, 0.6) is 5.75 Å². The molecule has 5 nitrogen and oxygen atoms in total. The van der Waals surface area contributed by atoms with Crippen molar-refractivity contribution >= 4 is 31.6 Å². The smallest absolute Gasteiger partial charge is 0.243 e. The highest BCUT2D eigenvalue weighted by molar-refractivity contribution is 9.10. The van der Waals surface area contributed by atoms with Crippen LogP contribution in [-0.4, -0.2) is 34.7 Å². The average Bonchev–Trinajstić information content (AvgIpc) is 2.64. The lowest BCUT2D eigenvalue weighted by molar-refractivity contribution is 0.414. The van der Waals surface area contributed by atoms with E-state index in [0.717, 1.165) is 30.6 Å². The van der Waals surface area contributed by atoms with Crippen LogP contribution in [0.2, 0.25) is 0 Å². The van der Waals surface area contributed by atoms with E-state index in [9.17, 15) is 12.8 Å². The maximum absolute atomic E-state index is 13.9. The molecule has 26 heavy (non-hydrogen) atoms.